The van der Waals surface area contributed by atoms with Crippen LogP contribution in [0.25, 0.3) is 5.82 Å². The summed E-state index contributed by atoms with van der Waals surface area (Å²) in [5, 5.41) is 18.7. The average Bonchev–Trinajstić information content (AvgIpc) is 2.71. The Hall–Kier alpha value is -1.89. The molecule has 0 saturated heterocycles. The number of rotatable bonds is 2. The molecule has 2 N–H and O–H groups in total. The van der Waals surface area contributed by atoms with E-state index in [2.05, 4.69) is 25.6 Å². The zero-order chi connectivity index (χ0) is 9.10. The van der Waals surface area contributed by atoms with E-state index in [4.69, 9.17) is 5.73 Å². The number of hydrogen-bond donors (Lipinski definition) is 1. The van der Waals surface area contributed by atoms with E-state index in [1.165, 1.54) is 11.1 Å². The van der Waals surface area contributed by atoms with Gasteiger partial charge in [0.15, 0.2) is 12.1 Å². The minimum atomic E-state index is 0.373. The maximum atomic E-state index is 5.37. The molecule has 0 radical (unpaired) electrons. The minimum Gasteiger partial charge on any atom is -0.325 e. The number of hydrogen-bond acceptors (Lipinski definition) is 6. The lowest BCUT2D eigenvalue weighted by molar-refractivity contribution is 0.682. The maximum Gasteiger partial charge on any atom is 0.198 e. The molecule has 0 atom stereocenters. The van der Waals surface area contributed by atoms with Crippen molar-refractivity contribution in [2.75, 3.05) is 0 Å². The fourth-order valence-corrected chi connectivity index (χ4v) is 0.840. The molecule has 0 aliphatic carbocycles. The third-order valence-corrected chi connectivity index (χ3v) is 1.47. The second-order valence-corrected chi connectivity index (χ2v) is 2.31. The molecule has 7 nitrogen and oxygen atoms in total. The van der Waals surface area contributed by atoms with Crippen LogP contribution in [0.4, 0.5) is 0 Å². The first-order valence-corrected chi connectivity index (χ1v) is 3.66. The number of nitrogens with two attached hydrogens (primary N) is 1. The molecule has 0 aliphatic heterocycles. The van der Waals surface area contributed by atoms with E-state index >= 15 is 0 Å². The fourth-order valence-electron chi connectivity index (χ4n) is 0.840. The lowest BCUT2D eigenvalue weighted by atomic mass is 10.4. The first-order chi connectivity index (χ1) is 6.40. The second-order valence-electron chi connectivity index (χ2n) is 2.31. The summed E-state index contributed by atoms with van der Waals surface area (Å²) in [4.78, 5) is 1.29. The van der Waals surface area contributed by atoms with Crippen molar-refractivity contribution in [2.45, 2.75) is 6.54 Å². The van der Waals surface area contributed by atoms with Crippen LogP contribution in [0.2, 0.25) is 0 Å². The number of tetrazole rings is 1. The van der Waals surface area contributed by atoms with Gasteiger partial charge in [0, 0.05) is 6.54 Å². The fraction of sp³-hybridized carbons (Fsp3) is 0.167. The highest BCUT2D eigenvalue weighted by Crippen LogP contribution is 1.97. The van der Waals surface area contributed by atoms with E-state index in [-0.39, 0.29) is 0 Å². The molecule has 2 aromatic heterocycles. The quantitative estimate of drug-likeness (QED) is 0.626. The van der Waals surface area contributed by atoms with Crippen molar-refractivity contribution < 1.29 is 0 Å². The molecule has 0 saturated carbocycles. The highest BCUT2D eigenvalue weighted by molar-refractivity contribution is 5.17. The molecule has 2 heterocycles. The Balaban J connectivity index is 2.33. The molecule has 0 fully saturated rings. The van der Waals surface area contributed by atoms with Crippen molar-refractivity contribution in [2.24, 2.45) is 5.73 Å². The lowest BCUT2D eigenvalue weighted by Crippen LogP contribution is -2.06. The summed E-state index contributed by atoms with van der Waals surface area (Å²) in [5.41, 5.74) is 6.09. The van der Waals surface area contributed by atoms with Crippen LogP contribution < -0.4 is 5.73 Å². The van der Waals surface area contributed by atoms with Gasteiger partial charge in [0.2, 0.25) is 0 Å². The van der Waals surface area contributed by atoms with E-state index < -0.39 is 0 Å². The Labute approximate surface area is 73.6 Å². The summed E-state index contributed by atoms with van der Waals surface area (Å²) in [6.07, 6.45) is 1.33. The SMILES string of the molecule is NCc1ccc(-n2ncnn2)nn1. The molecule has 2 aromatic rings. The van der Waals surface area contributed by atoms with Gasteiger partial charge in [-0.25, -0.2) is 0 Å². The Morgan fingerprint density at radius 2 is 2.23 bits per heavy atom. The Kier molecular flexibility index (Phi) is 1.93. The molecule has 7 heteroatoms. The smallest absolute Gasteiger partial charge is 0.198 e. The molecule has 13 heavy (non-hydrogen) atoms. The van der Waals surface area contributed by atoms with Gasteiger partial charge in [-0.15, -0.1) is 20.1 Å². The molecule has 2 rings (SSSR count). The number of aromatic nitrogens is 6. The maximum absolute atomic E-state index is 5.37. The van der Waals surface area contributed by atoms with Gasteiger partial charge in [-0.3, -0.25) is 0 Å². The Morgan fingerprint density at radius 1 is 1.31 bits per heavy atom. The monoisotopic (exact) mass is 177 g/mol. The first-order valence-electron chi connectivity index (χ1n) is 3.66. The van der Waals surface area contributed by atoms with Gasteiger partial charge in [-0.05, 0) is 17.3 Å². The number of nitrogens with zero attached hydrogens (tertiary/aromatic N) is 6. The summed E-state index contributed by atoms with van der Waals surface area (Å²) < 4.78 is 0. The molecular weight excluding hydrogens is 170 g/mol. The predicted molar refractivity (Wildman–Crippen MR) is 42.6 cm³/mol. The third kappa shape index (κ3) is 1.49. The van der Waals surface area contributed by atoms with Gasteiger partial charge < -0.3 is 5.73 Å². The largest absolute Gasteiger partial charge is 0.325 e. The summed E-state index contributed by atoms with van der Waals surface area (Å²) >= 11 is 0. The van der Waals surface area contributed by atoms with Crippen molar-refractivity contribution in [1.29, 1.82) is 0 Å². The van der Waals surface area contributed by atoms with Gasteiger partial charge in [-0.1, -0.05) is 0 Å². The second kappa shape index (κ2) is 3.23. The van der Waals surface area contributed by atoms with Crippen molar-refractivity contribution in [3.8, 4) is 5.82 Å². The van der Waals surface area contributed by atoms with Crippen LogP contribution in [0.5, 0.6) is 0 Å². The van der Waals surface area contributed by atoms with Crippen LogP contribution in [0.15, 0.2) is 18.5 Å². The normalized spacial score (nSPS) is 10.2. The third-order valence-electron chi connectivity index (χ3n) is 1.47. The standard InChI is InChI=1S/C6H7N7/c7-3-5-1-2-6(11-10-5)13-9-4-8-12-13/h1-2,4H,3,7H2. The zero-order valence-corrected chi connectivity index (χ0v) is 6.70. The van der Waals surface area contributed by atoms with Crippen molar-refractivity contribution in [1.82, 2.24) is 30.4 Å². The molecule has 0 aliphatic rings. The van der Waals surface area contributed by atoms with Gasteiger partial charge in [-0.2, -0.15) is 5.10 Å². The van der Waals surface area contributed by atoms with Gasteiger partial charge in [0.25, 0.3) is 0 Å². The molecule has 0 aromatic carbocycles. The van der Waals surface area contributed by atoms with E-state index in [1.54, 1.807) is 12.1 Å². The summed E-state index contributed by atoms with van der Waals surface area (Å²) in [6.45, 7) is 0.373. The molecule has 0 unspecified atom stereocenters. The molecule has 0 spiro atoms. The highest BCUT2D eigenvalue weighted by Gasteiger charge is 1.99. The Bertz CT molecular complexity index is 364. The van der Waals surface area contributed by atoms with E-state index in [0.29, 0.717) is 12.4 Å². The van der Waals surface area contributed by atoms with Crippen LogP contribution in [0, 0.1) is 0 Å². The van der Waals surface area contributed by atoms with Crippen LogP contribution in [0.1, 0.15) is 5.69 Å². The topological polar surface area (TPSA) is 95.4 Å². The Morgan fingerprint density at radius 3 is 2.77 bits per heavy atom. The van der Waals surface area contributed by atoms with Crippen LogP contribution in [0.3, 0.4) is 0 Å². The summed E-state index contributed by atoms with van der Waals surface area (Å²) in [7, 11) is 0. The lowest BCUT2D eigenvalue weighted by Gasteiger charge is -1.96. The van der Waals surface area contributed by atoms with Crippen LogP contribution >= 0.6 is 0 Å². The van der Waals surface area contributed by atoms with Crippen molar-refractivity contribution >= 4 is 0 Å². The molecule has 0 bridgehead atoms. The highest BCUT2D eigenvalue weighted by atomic mass is 15.6. The van der Waals surface area contributed by atoms with E-state index in [1.807, 2.05) is 0 Å². The zero-order valence-electron chi connectivity index (χ0n) is 6.70. The van der Waals surface area contributed by atoms with Gasteiger partial charge >= 0.3 is 0 Å². The van der Waals surface area contributed by atoms with Crippen molar-refractivity contribution in [3.63, 3.8) is 0 Å². The summed E-state index contributed by atoms with van der Waals surface area (Å²) in [6, 6.07) is 3.50. The molecular formula is C6H7N7. The minimum absolute atomic E-state index is 0.373. The van der Waals surface area contributed by atoms with Gasteiger partial charge in [0.1, 0.15) is 0 Å². The van der Waals surface area contributed by atoms with E-state index in [9.17, 15) is 0 Å². The first kappa shape index (κ1) is 7.74. The van der Waals surface area contributed by atoms with Crippen LogP contribution in [-0.4, -0.2) is 30.4 Å². The predicted octanol–water partition coefficient (Wildman–Crippen LogP) is -1.09. The average molecular weight is 177 g/mol. The van der Waals surface area contributed by atoms with Crippen LogP contribution in [-0.2, 0) is 6.54 Å². The summed E-state index contributed by atoms with van der Waals surface area (Å²) in [5.74, 6) is 0.523. The van der Waals surface area contributed by atoms with Gasteiger partial charge in [0.05, 0.1) is 5.69 Å². The molecule has 0 amide bonds. The van der Waals surface area contributed by atoms with Crippen molar-refractivity contribution in [3.05, 3.63) is 24.2 Å². The van der Waals surface area contributed by atoms with E-state index in [0.717, 1.165) is 5.69 Å². The molecule has 66 valence electrons.